The van der Waals surface area contributed by atoms with Crippen LogP contribution >= 0.6 is 0 Å². The minimum absolute atomic E-state index is 0. The average molecular weight is 219 g/mol. The molecule has 68 valence electrons. The van der Waals surface area contributed by atoms with E-state index >= 15 is 0 Å². The first kappa shape index (κ1) is 16.0. The van der Waals surface area contributed by atoms with E-state index < -0.39 is 10.1 Å². The van der Waals surface area contributed by atoms with Crippen molar-refractivity contribution in [3.8, 4) is 0 Å². The third kappa shape index (κ3) is 14.1. The van der Waals surface area contributed by atoms with Crippen molar-refractivity contribution < 1.29 is 64.4 Å². The minimum atomic E-state index is -3.71. The second-order valence-electron chi connectivity index (χ2n) is 2.70. The zero-order chi connectivity index (χ0) is 8.74. The molecule has 0 aromatic heterocycles. The summed E-state index contributed by atoms with van der Waals surface area (Å²) in [5, 5.41) is 0. The van der Waals surface area contributed by atoms with Crippen molar-refractivity contribution in [3.63, 3.8) is 0 Å². The number of hydrogen-bond donors (Lipinski definition) is 1. The summed E-state index contributed by atoms with van der Waals surface area (Å²) < 4.78 is 28.8. The third-order valence-corrected chi connectivity index (χ3v) is 2.31. The van der Waals surface area contributed by atoms with Crippen LogP contribution in [0.4, 0.5) is 0 Å². The van der Waals surface area contributed by atoms with Gasteiger partial charge in [0.25, 0.3) is 10.1 Å². The second-order valence-corrected chi connectivity index (χ2v) is 4.27. The molecule has 0 spiro atoms. The molecule has 0 saturated heterocycles. The monoisotopic (exact) mass is 219 g/mol. The van der Waals surface area contributed by atoms with Gasteiger partial charge in [0.05, 0.1) is 5.75 Å². The van der Waals surface area contributed by atoms with E-state index in [1.165, 1.54) is 0 Å². The van der Waals surface area contributed by atoms with E-state index in [0.717, 1.165) is 25.7 Å². The molecule has 0 unspecified atom stereocenters. The summed E-state index contributed by atoms with van der Waals surface area (Å²) in [5.74, 6) is -0.0866. The first-order valence-corrected chi connectivity index (χ1v) is 5.62. The fourth-order valence-corrected chi connectivity index (χ4v) is 1.46. The summed E-state index contributed by atoms with van der Waals surface area (Å²) >= 11 is 0. The van der Waals surface area contributed by atoms with Crippen molar-refractivity contribution in [1.82, 2.24) is 0 Å². The summed E-state index contributed by atoms with van der Waals surface area (Å²) in [6, 6.07) is 0. The minimum Gasteiger partial charge on any atom is -0.286 e. The maximum atomic E-state index is 10.2. The topological polar surface area (TPSA) is 54.4 Å². The fourth-order valence-electron chi connectivity index (χ4n) is 0.888. The van der Waals surface area contributed by atoms with Gasteiger partial charge in [-0.15, -0.1) is 0 Å². The van der Waals surface area contributed by atoms with Gasteiger partial charge in [-0.3, -0.25) is 4.55 Å². The third-order valence-electron chi connectivity index (χ3n) is 1.51. The molecular weight excluding hydrogens is 203 g/mol. The van der Waals surface area contributed by atoms with E-state index in [1.54, 1.807) is 0 Å². The molecule has 0 saturated carbocycles. The van der Waals surface area contributed by atoms with E-state index in [-0.39, 0.29) is 57.1 Å². The summed E-state index contributed by atoms with van der Waals surface area (Å²) in [5.41, 5.74) is 0. The van der Waals surface area contributed by atoms with Gasteiger partial charge in [-0.2, -0.15) is 8.42 Å². The van der Waals surface area contributed by atoms with E-state index in [9.17, 15) is 8.42 Å². The Labute approximate surface area is 117 Å². The average Bonchev–Trinajstić information content (AvgIpc) is 1.85. The van der Waals surface area contributed by atoms with Crippen LogP contribution in [0, 0.1) is 0 Å². The van der Waals surface area contributed by atoms with Crippen molar-refractivity contribution >= 4 is 10.1 Å². The Kier molecular flexibility index (Phi) is 12.1. The van der Waals surface area contributed by atoms with E-state index in [4.69, 9.17) is 4.55 Å². The molecule has 5 heteroatoms. The van der Waals surface area contributed by atoms with Gasteiger partial charge in [-0.1, -0.05) is 32.6 Å². The largest absolute Gasteiger partial charge is 1.00 e. The quantitative estimate of drug-likeness (QED) is 0.349. The maximum absolute atomic E-state index is 10.2. The van der Waals surface area contributed by atoms with E-state index in [2.05, 4.69) is 6.92 Å². The molecule has 1 N–H and O–H groups in total. The van der Waals surface area contributed by atoms with Crippen LogP contribution in [0.5, 0.6) is 0 Å². The number of unbranched alkanes of at least 4 members (excludes halogenated alkanes) is 4. The van der Waals surface area contributed by atoms with Crippen LogP contribution in [0.2, 0.25) is 0 Å². The molecular formula is C7H16KO3S+. The molecule has 0 amide bonds. The second kappa shape index (κ2) is 9.12. The van der Waals surface area contributed by atoms with Crippen LogP contribution in [0.1, 0.15) is 39.0 Å². The van der Waals surface area contributed by atoms with Gasteiger partial charge in [0.1, 0.15) is 0 Å². The van der Waals surface area contributed by atoms with Crippen molar-refractivity contribution in [2.75, 3.05) is 5.75 Å². The molecule has 12 heavy (non-hydrogen) atoms. The molecule has 0 aromatic carbocycles. The van der Waals surface area contributed by atoms with Crippen LogP contribution < -0.4 is 51.4 Å². The molecule has 0 aliphatic heterocycles. The molecule has 0 radical (unpaired) electrons. The Morgan fingerprint density at radius 3 is 2.00 bits per heavy atom. The Balaban J connectivity index is 0. The van der Waals surface area contributed by atoms with Crippen molar-refractivity contribution in [2.45, 2.75) is 39.0 Å². The first-order valence-electron chi connectivity index (χ1n) is 4.01. The standard InChI is InChI=1S/C7H16O3S.K/c1-2-3-4-5-6-7-11(8,9)10;/h2-7H2,1H3,(H,8,9,10);/q;+1. The zero-order valence-electron chi connectivity index (χ0n) is 7.91. The molecule has 0 fully saturated rings. The number of hydrogen-bond acceptors (Lipinski definition) is 2. The van der Waals surface area contributed by atoms with Crippen LogP contribution in [-0.2, 0) is 10.1 Å². The molecule has 3 nitrogen and oxygen atoms in total. The summed E-state index contributed by atoms with van der Waals surface area (Å²) in [4.78, 5) is 0. The normalized spacial score (nSPS) is 10.8. The summed E-state index contributed by atoms with van der Waals surface area (Å²) in [6.45, 7) is 2.10. The molecule has 0 aromatic rings. The Hall–Kier alpha value is 1.55. The van der Waals surface area contributed by atoms with Crippen LogP contribution in [0.25, 0.3) is 0 Å². The van der Waals surface area contributed by atoms with Crippen LogP contribution in [-0.4, -0.2) is 18.7 Å². The molecule has 0 aliphatic rings. The maximum Gasteiger partial charge on any atom is 1.00 e. The van der Waals surface area contributed by atoms with Crippen LogP contribution in [0.3, 0.4) is 0 Å². The van der Waals surface area contributed by atoms with Crippen molar-refractivity contribution in [2.24, 2.45) is 0 Å². The Morgan fingerprint density at radius 2 is 1.58 bits per heavy atom. The smallest absolute Gasteiger partial charge is 0.286 e. The van der Waals surface area contributed by atoms with Crippen molar-refractivity contribution in [3.05, 3.63) is 0 Å². The van der Waals surface area contributed by atoms with Gasteiger partial charge >= 0.3 is 51.4 Å². The molecule has 0 bridgehead atoms. The van der Waals surface area contributed by atoms with Gasteiger partial charge in [0.15, 0.2) is 0 Å². The van der Waals surface area contributed by atoms with E-state index in [1.807, 2.05) is 0 Å². The fraction of sp³-hybridized carbons (Fsp3) is 1.00. The Bertz CT molecular complexity index is 177. The summed E-state index contributed by atoms with van der Waals surface area (Å²) in [7, 11) is -3.71. The predicted octanol–water partition coefficient (Wildman–Crippen LogP) is -1.15. The van der Waals surface area contributed by atoms with Crippen molar-refractivity contribution in [1.29, 1.82) is 0 Å². The number of rotatable bonds is 6. The SMILES string of the molecule is CCCCCCCS(=O)(=O)O.[K+]. The molecule has 0 heterocycles. The van der Waals surface area contributed by atoms with Crippen LogP contribution in [0.15, 0.2) is 0 Å². The van der Waals surface area contributed by atoms with Gasteiger partial charge in [-0.05, 0) is 6.42 Å². The molecule has 0 atom stereocenters. The predicted molar refractivity (Wildman–Crippen MR) is 45.2 cm³/mol. The van der Waals surface area contributed by atoms with Gasteiger partial charge < -0.3 is 0 Å². The van der Waals surface area contributed by atoms with Gasteiger partial charge in [0, 0.05) is 0 Å². The van der Waals surface area contributed by atoms with Gasteiger partial charge in [-0.25, -0.2) is 0 Å². The first-order chi connectivity index (χ1) is 5.06. The Morgan fingerprint density at radius 1 is 1.08 bits per heavy atom. The summed E-state index contributed by atoms with van der Waals surface area (Å²) in [6.07, 6.45) is 4.83. The van der Waals surface area contributed by atoms with E-state index in [0.29, 0.717) is 6.42 Å². The molecule has 0 aliphatic carbocycles. The van der Waals surface area contributed by atoms with Gasteiger partial charge in [0.2, 0.25) is 0 Å². The zero-order valence-corrected chi connectivity index (χ0v) is 11.9. The molecule has 0 rings (SSSR count).